The molecule has 1 aliphatic heterocycles. The molecule has 0 radical (unpaired) electrons. The lowest BCUT2D eigenvalue weighted by molar-refractivity contribution is -0.149. The van der Waals surface area contributed by atoms with Gasteiger partial charge >= 0.3 is 5.97 Å². The third-order valence-corrected chi connectivity index (χ3v) is 8.92. The molecule has 158 valence electrons. The predicted molar refractivity (Wildman–Crippen MR) is 121 cm³/mol. The smallest absolute Gasteiger partial charge is 0.346 e. The summed E-state index contributed by atoms with van der Waals surface area (Å²) in [5.74, 6) is 2.69. The van der Waals surface area contributed by atoms with Crippen LogP contribution in [-0.4, -0.2) is 19.9 Å². The summed E-state index contributed by atoms with van der Waals surface area (Å²) < 4.78 is 11.7. The van der Waals surface area contributed by atoms with Crippen molar-refractivity contribution in [2.45, 2.75) is 91.0 Å². The van der Waals surface area contributed by atoms with Gasteiger partial charge in [-0.05, 0) is 99.3 Å². The van der Waals surface area contributed by atoms with E-state index in [4.69, 9.17) is 9.16 Å². The maximum Gasteiger partial charge on any atom is 0.346 e. The van der Waals surface area contributed by atoms with Crippen LogP contribution < -0.4 is 0 Å². The summed E-state index contributed by atoms with van der Waals surface area (Å²) >= 11 is 3.61. The minimum Gasteiger partial charge on any atom is -0.429 e. The molecule has 28 heavy (non-hydrogen) atoms. The van der Waals surface area contributed by atoms with Gasteiger partial charge in [-0.3, -0.25) is 0 Å². The van der Waals surface area contributed by atoms with Gasteiger partial charge in [0.1, 0.15) is 5.76 Å². The highest BCUT2D eigenvalue weighted by atomic mass is 79.9. The molecule has 0 saturated heterocycles. The molecule has 2 saturated carbocycles. The summed E-state index contributed by atoms with van der Waals surface area (Å²) in [7, 11) is -1.83. The van der Waals surface area contributed by atoms with Crippen LogP contribution in [0.25, 0.3) is 0 Å². The van der Waals surface area contributed by atoms with Gasteiger partial charge in [0.05, 0.1) is 0 Å². The fourth-order valence-corrected chi connectivity index (χ4v) is 8.13. The number of hydrogen-bond acceptors (Lipinski definition) is 3. The van der Waals surface area contributed by atoms with E-state index in [9.17, 15) is 4.79 Å². The SMILES string of the molecule is C[C@H](CCC1=C[C@](C)(O[Si](C)(C)C)C(=O)O1)[C@H]1CCC2C(=CBr)CCC[C@@]21C. The Hall–Kier alpha value is -0.393. The zero-order valence-corrected chi connectivity index (χ0v) is 21.0. The van der Waals surface area contributed by atoms with Crippen molar-refractivity contribution in [1.82, 2.24) is 0 Å². The van der Waals surface area contributed by atoms with Gasteiger partial charge in [0.15, 0.2) is 13.9 Å². The van der Waals surface area contributed by atoms with Crippen molar-refractivity contribution in [2.24, 2.45) is 23.2 Å². The maximum atomic E-state index is 12.4. The highest BCUT2D eigenvalue weighted by molar-refractivity contribution is 9.11. The summed E-state index contributed by atoms with van der Waals surface area (Å²) in [5, 5.41) is 0. The van der Waals surface area contributed by atoms with E-state index in [0.29, 0.717) is 11.3 Å². The van der Waals surface area contributed by atoms with Crippen molar-refractivity contribution in [2.75, 3.05) is 0 Å². The summed E-state index contributed by atoms with van der Waals surface area (Å²) in [6.07, 6.45) is 10.4. The molecule has 3 nitrogen and oxygen atoms in total. The lowest BCUT2D eigenvalue weighted by Gasteiger charge is -2.44. The van der Waals surface area contributed by atoms with Crippen LogP contribution in [0.2, 0.25) is 19.6 Å². The van der Waals surface area contributed by atoms with Gasteiger partial charge in [-0.2, -0.15) is 0 Å². The molecule has 3 rings (SSSR count). The van der Waals surface area contributed by atoms with Crippen LogP contribution in [-0.2, 0) is 14.0 Å². The number of halogens is 1. The highest BCUT2D eigenvalue weighted by Crippen LogP contribution is 2.60. The van der Waals surface area contributed by atoms with Gasteiger partial charge in [0.25, 0.3) is 0 Å². The molecule has 0 N–H and O–H groups in total. The number of rotatable bonds is 6. The van der Waals surface area contributed by atoms with Crippen LogP contribution in [0.5, 0.6) is 0 Å². The largest absolute Gasteiger partial charge is 0.429 e. The van der Waals surface area contributed by atoms with Crippen LogP contribution in [0.3, 0.4) is 0 Å². The Labute approximate surface area is 180 Å². The Bertz CT molecular complexity index is 680. The van der Waals surface area contributed by atoms with Crippen molar-refractivity contribution in [3.8, 4) is 0 Å². The number of carbonyl (C=O) groups is 1. The normalized spacial score (nSPS) is 38.3. The standard InChI is InChI=1S/C23H37BrO3Si/c1-16(19-11-12-20-17(15-24)8-7-13-22(19,20)2)9-10-18-14-23(3,21(25)26-18)27-28(4,5)6/h14-16,19-20H,7-13H2,1-6H3/t16-,19-,20?,22-,23+/m1/s1. The number of cyclic esters (lactones) is 1. The lowest BCUT2D eigenvalue weighted by Crippen LogP contribution is -2.43. The maximum absolute atomic E-state index is 12.4. The lowest BCUT2D eigenvalue weighted by atomic mass is 9.61. The van der Waals surface area contributed by atoms with Crippen LogP contribution in [0.15, 0.2) is 22.4 Å². The monoisotopic (exact) mass is 468 g/mol. The minimum atomic E-state index is -1.83. The second-order valence-electron chi connectivity index (χ2n) is 10.6. The van der Waals surface area contributed by atoms with E-state index >= 15 is 0 Å². The Morgan fingerprint density at radius 2 is 2.07 bits per heavy atom. The van der Waals surface area contributed by atoms with Crippen LogP contribution in [0, 0.1) is 23.2 Å². The fourth-order valence-electron chi connectivity index (χ4n) is 6.16. The third kappa shape index (κ3) is 4.36. The fraction of sp³-hybridized carbons (Fsp3) is 0.783. The van der Waals surface area contributed by atoms with E-state index in [-0.39, 0.29) is 5.97 Å². The van der Waals surface area contributed by atoms with Gasteiger partial charge in [0, 0.05) is 6.42 Å². The molecule has 3 aliphatic rings. The first-order chi connectivity index (χ1) is 13.0. The number of hydrogen-bond donors (Lipinski definition) is 0. The van der Waals surface area contributed by atoms with E-state index in [1.165, 1.54) is 32.1 Å². The van der Waals surface area contributed by atoms with Crippen molar-refractivity contribution in [1.29, 1.82) is 0 Å². The average Bonchev–Trinajstić information content (AvgIpc) is 3.07. The molecule has 0 aromatic carbocycles. The zero-order chi connectivity index (χ0) is 20.7. The van der Waals surface area contributed by atoms with Gasteiger partial charge in [-0.1, -0.05) is 35.4 Å². The molecule has 0 spiro atoms. The van der Waals surface area contributed by atoms with Crippen molar-refractivity contribution >= 4 is 30.2 Å². The Morgan fingerprint density at radius 3 is 2.71 bits per heavy atom. The second kappa shape index (κ2) is 8.03. The van der Waals surface area contributed by atoms with Crippen LogP contribution in [0.4, 0.5) is 0 Å². The topological polar surface area (TPSA) is 35.5 Å². The van der Waals surface area contributed by atoms with Crippen LogP contribution >= 0.6 is 15.9 Å². The molecule has 0 aromatic heterocycles. The van der Waals surface area contributed by atoms with Gasteiger partial charge < -0.3 is 9.16 Å². The first-order valence-electron chi connectivity index (χ1n) is 10.9. The Kier molecular flexibility index (Phi) is 6.40. The summed E-state index contributed by atoms with van der Waals surface area (Å²) in [6, 6.07) is 0. The highest BCUT2D eigenvalue weighted by Gasteiger charge is 2.50. The summed E-state index contributed by atoms with van der Waals surface area (Å²) in [5.41, 5.74) is 1.15. The number of allylic oxidation sites excluding steroid dienone is 2. The van der Waals surface area contributed by atoms with E-state index in [0.717, 1.165) is 30.4 Å². The first kappa shape index (κ1) is 22.3. The van der Waals surface area contributed by atoms with Crippen molar-refractivity contribution < 1.29 is 14.0 Å². The zero-order valence-electron chi connectivity index (χ0n) is 18.4. The van der Waals surface area contributed by atoms with Crippen molar-refractivity contribution in [3.05, 3.63) is 22.4 Å². The Balaban J connectivity index is 1.63. The summed E-state index contributed by atoms with van der Waals surface area (Å²) in [4.78, 5) is 14.6. The molecule has 0 aromatic rings. The molecule has 0 amide bonds. The molecule has 2 aliphatic carbocycles. The van der Waals surface area contributed by atoms with Gasteiger partial charge in [-0.25, -0.2) is 4.79 Å². The van der Waals surface area contributed by atoms with Crippen LogP contribution in [0.1, 0.15) is 65.7 Å². The number of fused-ring (bicyclic) bond motifs is 1. The first-order valence-corrected chi connectivity index (χ1v) is 15.2. The molecule has 1 heterocycles. The van der Waals surface area contributed by atoms with E-state index in [1.807, 2.05) is 13.0 Å². The summed E-state index contributed by atoms with van der Waals surface area (Å²) in [6.45, 7) is 13.1. The molecular formula is C23H37BrO3Si. The molecule has 0 bridgehead atoms. The number of carbonyl (C=O) groups excluding carboxylic acids is 1. The molecular weight excluding hydrogens is 432 g/mol. The molecule has 5 atom stereocenters. The minimum absolute atomic E-state index is 0.246. The van der Waals surface area contributed by atoms with E-state index in [2.05, 4.69) is 54.4 Å². The molecule has 5 heteroatoms. The molecule has 2 fully saturated rings. The third-order valence-electron chi connectivity index (χ3n) is 7.29. The average molecular weight is 470 g/mol. The molecule has 1 unspecified atom stereocenters. The van der Waals surface area contributed by atoms with Gasteiger partial charge in [0.2, 0.25) is 0 Å². The van der Waals surface area contributed by atoms with E-state index in [1.54, 1.807) is 5.57 Å². The van der Waals surface area contributed by atoms with Crippen molar-refractivity contribution in [3.63, 3.8) is 0 Å². The van der Waals surface area contributed by atoms with E-state index < -0.39 is 13.9 Å². The second-order valence-corrected chi connectivity index (χ2v) is 15.5. The predicted octanol–water partition coefficient (Wildman–Crippen LogP) is 6.95. The van der Waals surface area contributed by atoms with Gasteiger partial charge in [-0.15, -0.1) is 0 Å². The number of esters is 1. The Morgan fingerprint density at radius 1 is 1.36 bits per heavy atom. The quantitative estimate of drug-likeness (QED) is 0.312. The number of ether oxygens (including phenoxy) is 1.